The zero-order valence-corrected chi connectivity index (χ0v) is 17.8. The Kier molecular flexibility index (Phi) is 6.61. The first-order valence-electron chi connectivity index (χ1n) is 9.62. The number of rotatable bonds is 7. The number of aromatic nitrogens is 3. The van der Waals surface area contributed by atoms with Gasteiger partial charge in [-0.25, -0.2) is 15.0 Å². The maximum Gasteiger partial charge on any atom is 0.234 e. The summed E-state index contributed by atoms with van der Waals surface area (Å²) in [6.45, 7) is 9.73. The van der Waals surface area contributed by atoms with E-state index < -0.39 is 0 Å². The Balaban J connectivity index is 1.53. The van der Waals surface area contributed by atoms with Crippen molar-refractivity contribution in [3.63, 3.8) is 0 Å². The monoisotopic (exact) mass is 414 g/mol. The van der Waals surface area contributed by atoms with Crippen molar-refractivity contribution in [1.82, 2.24) is 25.2 Å². The van der Waals surface area contributed by atoms with E-state index in [0.717, 1.165) is 38.4 Å². The SMILES string of the molecule is CCC(C)(C)NC(=O)CN1CCN(c2cc(Nc3ncc(C#N)s3)ncn2)CC1. The smallest absolute Gasteiger partial charge is 0.234 e. The summed E-state index contributed by atoms with van der Waals surface area (Å²) in [6.07, 6.45) is 3.95. The van der Waals surface area contributed by atoms with Crippen molar-refractivity contribution in [2.24, 2.45) is 0 Å². The number of carbonyl (C=O) groups excluding carboxylic acids is 1. The normalized spacial score (nSPS) is 15.0. The number of piperazine rings is 1. The molecule has 1 amide bonds. The minimum Gasteiger partial charge on any atom is -0.354 e. The van der Waals surface area contributed by atoms with Gasteiger partial charge in [0.2, 0.25) is 5.91 Å². The maximum absolute atomic E-state index is 12.3. The van der Waals surface area contributed by atoms with Crippen LogP contribution in [0.3, 0.4) is 0 Å². The molecule has 2 aromatic heterocycles. The van der Waals surface area contributed by atoms with Crippen molar-refractivity contribution in [3.8, 4) is 6.07 Å². The summed E-state index contributed by atoms with van der Waals surface area (Å²) in [6, 6.07) is 3.95. The van der Waals surface area contributed by atoms with E-state index in [2.05, 4.69) is 48.4 Å². The second-order valence-electron chi connectivity index (χ2n) is 7.58. The van der Waals surface area contributed by atoms with E-state index in [0.29, 0.717) is 22.4 Å². The molecule has 2 aromatic rings. The summed E-state index contributed by atoms with van der Waals surface area (Å²) in [5, 5.41) is 15.7. The van der Waals surface area contributed by atoms with Gasteiger partial charge in [0.15, 0.2) is 5.13 Å². The highest BCUT2D eigenvalue weighted by molar-refractivity contribution is 7.16. The Labute approximate surface area is 174 Å². The lowest BCUT2D eigenvalue weighted by Gasteiger charge is -2.35. The number of nitriles is 1. The molecule has 0 bridgehead atoms. The summed E-state index contributed by atoms with van der Waals surface area (Å²) in [5.74, 6) is 1.53. The third-order valence-corrected chi connectivity index (χ3v) is 5.75. The molecule has 0 spiro atoms. The summed E-state index contributed by atoms with van der Waals surface area (Å²) < 4.78 is 0. The van der Waals surface area contributed by atoms with Crippen molar-refractivity contribution >= 4 is 34.0 Å². The zero-order chi connectivity index (χ0) is 20.9. The lowest BCUT2D eigenvalue weighted by Crippen LogP contribution is -2.52. The van der Waals surface area contributed by atoms with Crippen molar-refractivity contribution in [3.05, 3.63) is 23.5 Å². The number of hydrogen-bond acceptors (Lipinski definition) is 9. The van der Waals surface area contributed by atoms with Crippen LogP contribution in [0.1, 0.15) is 32.1 Å². The number of carbonyl (C=O) groups is 1. The lowest BCUT2D eigenvalue weighted by molar-refractivity contribution is -0.123. The van der Waals surface area contributed by atoms with Gasteiger partial charge < -0.3 is 15.5 Å². The predicted octanol–water partition coefficient (Wildman–Crippen LogP) is 1.98. The number of hydrogen-bond donors (Lipinski definition) is 2. The summed E-state index contributed by atoms with van der Waals surface area (Å²) in [5.41, 5.74) is -0.172. The van der Waals surface area contributed by atoms with Crippen molar-refractivity contribution in [1.29, 1.82) is 5.26 Å². The standard InChI is InChI=1S/C19H26N8OS/c1-4-19(2,3)25-17(28)12-26-5-7-27(8-6-26)16-9-15(22-13-23-16)24-18-21-11-14(10-20)29-18/h9,11,13H,4-8,12H2,1-3H3,(H,25,28)(H,21,22,23,24). The Morgan fingerprint density at radius 1 is 1.28 bits per heavy atom. The van der Waals surface area contributed by atoms with Crippen LogP contribution in [0.2, 0.25) is 0 Å². The van der Waals surface area contributed by atoms with Gasteiger partial charge in [-0.15, -0.1) is 0 Å². The molecular formula is C19H26N8OS. The molecule has 0 unspecified atom stereocenters. The van der Waals surface area contributed by atoms with Gasteiger partial charge in [0.1, 0.15) is 28.9 Å². The van der Waals surface area contributed by atoms with E-state index in [1.165, 1.54) is 23.9 Å². The van der Waals surface area contributed by atoms with E-state index in [9.17, 15) is 4.79 Å². The molecule has 29 heavy (non-hydrogen) atoms. The molecule has 154 valence electrons. The highest BCUT2D eigenvalue weighted by atomic mass is 32.1. The van der Waals surface area contributed by atoms with E-state index in [4.69, 9.17) is 5.26 Å². The van der Waals surface area contributed by atoms with Gasteiger partial charge in [0.05, 0.1) is 12.7 Å². The third-order valence-electron chi connectivity index (χ3n) is 4.93. The number of thiazole rings is 1. The third kappa shape index (κ3) is 5.85. The van der Waals surface area contributed by atoms with Crippen LogP contribution in [0.5, 0.6) is 0 Å². The molecule has 0 atom stereocenters. The van der Waals surface area contributed by atoms with E-state index >= 15 is 0 Å². The molecule has 9 nitrogen and oxygen atoms in total. The molecule has 1 saturated heterocycles. The molecule has 3 rings (SSSR count). The lowest BCUT2D eigenvalue weighted by atomic mass is 10.0. The molecule has 1 aliphatic rings. The zero-order valence-electron chi connectivity index (χ0n) is 17.0. The van der Waals surface area contributed by atoms with Gasteiger partial charge in [-0.1, -0.05) is 18.3 Å². The van der Waals surface area contributed by atoms with Crippen LogP contribution in [-0.4, -0.2) is 64.0 Å². The molecule has 0 aromatic carbocycles. The summed E-state index contributed by atoms with van der Waals surface area (Å²) in [7, 11) is 0. The topological polar surface area (TPSA) is 110 Å². The fourth-order valence-corrected chi connectivity index (χ4v) is 3.55. The van der Waals surface area contributed by atoms with Gasteiger partial charge in [0, 0.05) is 37.8 Å². The number of nitrogens with one attached hydrogen (secondary N) is 2. The average Bonchev–Trinajstić information content (AvgIpc) is 3.16. The Bertz CT molecular complexity index is 882. The van der Waals surface area contributed by atoms with Crippen LogP contribution >= 0.6 is 11.3 Å². The van der Waals surface area contributed by atoms with Gasteiger partial charge in [-0.2, -0.15) is 5.26 Å². The maximum atomic E-state index is 12.3. The molecule has 0 radical (unpaired) electrons. The van der Waals surface area contributed by atoms with Crippen LogP contribution in [0.25, 0.3) is 0 Å². The van der Waals surface area contributed by atoms with Crippen LogP contribution < -0.4 is 15.5 Å². The highest BCUT2D eigenvalue weighted by Gasteiger charge is 2.23. The number of anilines is 3. The molecule has 1 aliphatic heterocycles. The average molecular weight is 415 g/mol. The van der Waals surface area contributed by atoms with Crippen molar-refractivity contribution < 1.29 is 4.79 Å². The first-order chi connectivity index (χ1) is 13.9. The largest absolute Gasteiger partial charge is 0.354 e. The van der Waals surface area contributed by atoms with Crippen LogP contribution in [0.15, 0.2) is 18.6 Å². The minimum atomic E-state index is -0.172. The van der Waals surface area contributed by atoms with Gasteiger partial charge in [0.25, 0.3) is 0 Å². The second-order valence-corrected chi connectivity index (χ2v) is 8.61. The highest BCUT2D eigenvalue weighted by Crippen LogP contribution is 2.23. The fourth-order valence-electron chi connectivity index (χ4n) is 2.93. The molecule has 3 heterocycles. The fraction of sp³-hybridized carbons (Fsp3) is 0.526. The van der Waals surface area contributed by atoms with Crippen LogP contribution in [0, 0.1) is 11.3 Å². The summed E-state index contributed by atoms with van der Waals surface area (Å²) in [4.78, 5) is 29.9. The molecule has 1 fully saturated rings. The summed E-state index contributed by atoms with van der Waals surface area (Å²) >= 11 is 1.28. The second kappa shape index (κ2) is 9.15. The van der Waals surface area contributed by atoms with E-state index in [1.54, 1.807) is 0 Å². The van der Waals surface area contributed by atoms with Crippen LogP contribution in [-0.2, 0) is 4.79 Å². The Hall–Kier alpha value is -2.77. The van der Waals surface area contributed by atoms with E-state index in [1.807, 2.05) is 19.9 Å². The van der Waals surface area contributed by atoms with Gasteiger partial charge in [-0.05, 0) is 20.3 Å². The molecule has 0 aliphatic carbocycles. The van der Waals surface area contributed by atoms with Crippen molar-refractivity contribution in [2.45, 2.75) is 32.7 Å². The number of amides is 1. The van der Waals surface area contributed by atoms with Gasteiger partial charge in [-0.3, -0.25) is 9.69 Å². The van der Waals surface area contributed by atoms with E-state index in [-0.39, 0.29) is 11.4 Å². The Morgan fingerprint density at radius 2 is 2.03 bits per heavy atom. The molecule has 0 saturated carbocycles. The first kappa shape index (κ1) is 21.0. The van der Waals surface area contributed by atoms with Crippen molar-refractivity contribution in [2.75, 3.05) is 42.9 Å². The Morgan fingerprint density at radius 3 is 2.69 bits per heavy atom. The predicted molar refractivity (Wildman–Crippen MR) is 113 cm³/mol. The first-order valence-corrected chi connectivity index (χ1v) is 10.4. The quantitative estimate of drug-likeness (QED) is 0.708. The van der Waals surface area contributed by atoms with Gasteiger partial charge >= 0.3 is 0 Å². The van der Waals surface area contributed by atoms with Crippen LogP contribution in [0.4, 0.5) is 16.8 Å². The molecular weight excluding hydrogens is 388 g/mol. The molecule has 10 heteroatoms. The molecule has 2 N–H and O–H groups in total. The minimum absolute atomic E-state index is 0.0685. The number of nitrogens with zero attached hydrogens (tertiary/aromatic N) is 6.